The number of non-ortho nitro benzene ring substituents is 2. The summed E-state index contributed by atoms with van der Waals surface area (Å²) in [5.74, 6) is 0.998. The van der Waals surface area contributed by atoms with Crippen molar-refractivity contribution in [2.24, 2.45) is 0 Å². The van der Waals surface area contributed by atoms with Crippen LogP contribution >= 0.6 is 0 Å². The Bertz CT molecular complexity index is 1090. The molecule has 0 aliphatic heterocycles. The van der Waals surface area contributed by atoms with Crippen molar-refractivity contribution >= 4 is 34.0 Å². The smallest absolute Gasteiger partial charge is 0.271 e. The van der Waals surface area contributed by atoms with Gasteiger partial charge in [-0.25, -0.2) is 9.97 Å². The SMILES string of the molecule is CN(C)CCCNc1nc2cc([N+](=O)[O-])ccc2nc1NCc1ccc([N+](=O)[O-])cc1. The molecule has 3 aromatic rings. The molecule has 1 aromatic heterocycles. The molecule has 1 heterocycles. The molecule has 0 saturated heterocycles. The standard InChI is InChI=1S/C20H23N7O4/c1-25(2)11-3-10-21-19-20(22-13-14-4-6-15(7-5-14)26(28)29)23-17-9-8-16(27(30)31)12-18(17)24-19/h4-9,12H,3,10-11,13H2,1-2H3,(H,21,24)(H,22,23). The van der Waals surface area contributed by atoms with Crippen LogP contribution in [0.3, 0.4) is 0 Å². The number of fused-ring (bicyclic) bond motifs is 1. The van der Waals surface area contributed by atoms with Crippen LogP contribution in [0.1, 0.15) is 12.0 Å². The number of anilines is 2. The van der Waals surface area contributed by atoms with Crippen LogP contribution < -0.4 is 10.6 Å². The van der Waals surface area contributed by atoms with Crippen LogP contribution in [0.2, 0.25) is 0 Å². The molecule has 11 heteroatoms. The van der Waals surface area contributed by atoms with Gasteiger partial charge in [0.05, 0.1) is 20.9 Å². The normalized spacial score (nSPS) is 10.9. The Morgan fingerprint density at radius 2 is 1.48 bits per heavy atom. The largest absolute Gasteiger partial charge is 0.367 e. The Labute approximate surface area is 178 Å². The molecule has 2 N–H and O–H groups in total. The Kier molecular flexibility index (Phi) is 6.88. The van der Waals surface area contributed by atoms with Crippen LogP contribution in [0.5, 0.6) is 0 Å². The van der Waals surface area contributed by atoms with Gasteiger partial charge in [0.2, 0.25) is 0 Å². The lowest BCUT2D eigenvalue weighted by molar-refractivity contribution is -0.385. The zero-order valence-electron chi connectivity index (χ0n) is 17.2. The number of benzene rings is 2. The van der Waals surface area contributed by atoms with E-state index in [-0.39, 0.29) is 11.4 Å². The maximum Gasteiger partial charge on any atom is 0.271 e. The molecule has 0 fully saturated rings. The Morgan fingerprint density at radius 3 is 2.13 bits per heavy atom. The summed E-state index contributed by atoms with van der Waals surface area (Å²) in [7, 11) is 3.98. The summed E-state index contributed by atoms with van der Waals surface area (Å²) in [5, 5.41) is 28.3. The molecule has 0 spiro atoms. The third kappa shape index (κ3) is 5.82. The van der Waals surface area contributed by atoms with E-state index in [0.717, 1.165) is 18.5 Å². The third-order valence-corrected chi connectivity index (χ3v) is 4.54. The van der Waals surface area contributed by atoms with Crippen molar-refractivity contribution in [3.63, 3.8) is 0 Å². The molecule has 0 saturated carbocycles. The number of aromatic nitrogens is 2. The van der Waals surface area contributed by atoms with Gasteiger partial charge in [0, 0.05) is 37.4 Å². The second-order valence-electron chi connectivity index (χ2n) is 7.21. The predicted molar refractivity (Wildman–Crippen MR) is 118 cm³/mol. The number of hydrogen-bond donors (Lipinski definition) is 2. The second kappa shape index (κ2) is 9.76. The van der Waals surface area contributed by atoms with E-state index in [0.29, 0.717) is 35.8 Å². The fraction of sp³-hybridized carbons (Fsp3) is 0.300. The number of nitro benzene ring substituents is 2. The molecule has 0 aliphatic carbocycles. The van der Waals surface area contributed by atoms with E-state index in [1.807, 2.05) is 14.1 Å². The highest BCUT2D eigenvalue weighted by molar-refractivity contribution is 5.82. The molecule has 0 aliphatic rings. The van der Waals surface area contributed by atoms with Crippen molar-refractivity contribution in [1.29, 1.82) is 0 Å². The van der Waals surface area contributed by atoms with Crippen LogP contribution in [0, 0.1) is 20.2 Å². The van der Waals surface area contributed by atoms with Gasteiger partial charge in [-0.2, -0.15) is 0 Å². The monoisotopic (exact) mass is 425 g/mol. The number of nitro groups is 2. The fourth-order valence-corrected chi connectivity index (χ4v) is 2.93. The Hall–Kier alpha value is -3.86. The third-order valence-electron chi connectivity index (χ3n) is 4.54. The van der Waals surface area contributed by atoms with Gasteiger partial charge in [0.15, 0.2) is 11.6 Å². The van der Waals surface area contributed by atoms with Crippen LogP contribution in [-0.4, -0.2) is 51.9 Å². The molecule has 3 rings (SSSR count). The zero-order chi connectivity index (χ0) is 22.4. The van der Waals surface area contributed by atoms with Crippen LogP contribution in [-0.2, 0) is 6.54 Å². The summed E-state index contributed by atoms with van der Waals surface area (Å²) >= 11 is 0. The summed E-state index contributed by atoms with van der Waals surface area (Å²) in [6.45, 7) is 1.93. The van der Waals surface area contributed by atoms with E-state index in [2.05, 4.69) is 25.5 Å². The lowest BCUT2D eigenvalue weighted by Gasteiger charge is -2.14. The van der Waals surface area contributed by atoms with E-state index >= 15 is 0 Å². The topological polar surface area (TPSA) is 139 Å². The highest BCUT2D eigenvalue weighted by atomic mass is 16.6. The van der Waals surface area contributed by atoms with E-state index < -0.39 is 9.85 Å². The lowest BCUT2D eigenvalue weighted by atomic mass is 10.2. The molecule has 0 bridgehead atoms. The van der Waals surface area contributed by atoms with Crippen molar-refractivity contribution in [3.8, 4) is 0 Å². The maximum atomic E-state index is 11.1. The quantitative estimate of drug-likeness (QED) is 0.284. The van der Waals surface area contributed by atoms with Crippen molar-refractivity contribution in [2.45, 2.75) is 13.0 Å². The van der Waals surface area contributed by atoms with Crippen molar-refractivity contribution in [2.75, 3.05) is 37.8 Å². The van der Waals surface area contributed by atoms with Gasteiger partial charge in [-0.15, -0.1) is 0 Å². The Morgan fingerprint density at radius 1 is 0.871 bits per heavy atom. The lowest BCUT2D eigenvalue weighted by Crippen LogP contribution is -2.17. The van der Waals surface area contributed by atoms with E-state index in [1.54, 1.807) is 18.2 Å². The minimum atomic E-state index is -0.466. The van der Waals surface area contributed by atoms with Gasteiger partial charge in [0.25, 0.3) is 11.4 Å². The van der Waals surface area contributed by atoms with Gasteiger partial charge in [0.1, 0.15) is 0 Å². The van der Waals surface area contributed by atoms with E-state index in [1.165, 1.54) is 24.3 Å². The highest BCUT2D eigenvalue weighted by Gasteiger charge is 2.13. The van der Waals surface area contributed by atoms with Crippen LogP contribution in [0.25, 0.3) is 11.0 Å². The summed E-state index contributed by atoms with van der Waals surface area (Å²) < 4.78 is 0. The zero-order valence-corrected chi connectivity index (χ0v) is 17.2. The minimum absolute atomic E-state index is 0.0269. The van der Waals surface area contributed by atoms with Crippen LogP contribution in [0.4, 0.5) is 23.0 Å². The summed E-state index contributed by atoms with van der Waals surface area (Å²) in [5.41, 5.74) is 1.77. The van der Waals surface area contributed by atoms with E-state index in [4.69, 9.17) is 0 Å². The average molecular weight is 425 g/mol. The molecule has 0 unspecified atom stereocenters. The molecule has 0 radical (unpaired) electrons. The van der Waals surface area contributed by atoms with Gasteiger partial charge >= 0.3 is 0 Å². The number of rotatable bonds is 10. The first kappa shape index (κ1) is 21.8. The van der Waals surface area contributed by atoms with E-state index in [9.17, 15) is 20.2 Å². The maximum absolute atomic E-state index is 11.1. The molecule has 2 aromatic carbocycles. The number of nitrogens with one attached hydrogen (secondary N) is 2. The van der Waals surface area contributed by atoms with Gasteiger partial charge in [-0.05, 0) is 38.7 Å². The molecule has 11 nitrogen and oxygen atoms in total. The second-order valence-corrected chi connectivity index (χ2v) is 7.21. The summed E-state index contributed by atoms with van der Waals surface area (Å²) in [6, 6.07) is 10.6. The molecule has 0 amide bonds. The van der Waals surface area contributed by atoms with Crippen molar-refractivity contribution in [3.05, 3.63) is 68.3 Å². The predicted octanol–water partition coefficient (Wildman–Crippen LogP) is 3.42. The first-order chi connectivity index (χ1) is 14.8. The molecule has 0 atom stereocenters. The van der Waals surface area contributed by atoms with Crippen molar-refractivity contribution in [1.82, 2.24) is 14.9 Å². The summed E-state index contributed by atoms with van der Waals surface area (Å²) in [4.78, 5) is 32.2. The fourth-order valence-electron chi connectivity index (χ4n) is 2.93. The minimum Gasteiger partial charge on any atom is -0.367 e. The number of nitrogens with zero attached hydrogens (tertiary/aromatic N) is 5. The van der Waals surface area contributed by atoms with Crippen LogP contribution in [0.15, 0.2) is 42.5 Å². The molecule has 31 heavy (non-hydrogen) atoms. The van der Waals surface area contributed by atoms with Crippen molar-refractivity contribution < 1.29 is 9.85 Å². The van der Waals surface area contributed by atoms with Gasteiger partial charge < -0.3 is 15.5 Å². The first-order valence-electron chi connectivity index (χ1n) is 9.65. The molecular formula is C20H23N7O4. The Balaban J connectivity index is 1.83. The highest BCUT2D eigenvalue weighted by Crippen LogP contribution is 2.25. The molecule has 162 valence electrons. The number of hydrogen-bond acceptors (Lipinski definition) is 9. The average Bonchev–Trinajstić information content (AvgIpc) is 2.74. The van der Waals surface area contributed by atoms with Gasteiger partial charge in [-0.3, -0.25) is 20.2 Å². The summed E-state index contributed by atoms with van der Waals surface area (Å²) in [6.07, 6.45) is 0.878. The van der Waals surface area contributed by atoms with Gasteiger partial charge in [-0.1, -0.05) is 12.1 Å². The first-order valence-corrected chi connectivity index (χ1v) is 9.65. The molecular weight excluding hydrogens is 402 g/mol.